The van der Waals surface area contributed by atoms with E-state index in [-0.39, 0.29) is 11.5 Å². The number of nitrogens with zero attached hydrogens (tertiary/aromatic N) is 3. The molecule has 0 spiro atoms. The van der Waals surface area contributed by atoms with Crippen LogP contribution in [0.5, 0.6) is 0 Å². The minimum absolute atomic E-state index is 0.230. The molecule has 2 heterocycles. The van der Waals surface area contributed by atoms with E-state index >= 15 is 0 Å². The summed E-state index contributed by atoms with van der Waals surface area (Å²) in [4.78, 5) is 9.13. The molecule has 7 heteroatoms. The largest absolute Gasteiger partial charge is 0.416 e. The molecule has 2 unspecified atom stereocenters. The van der Waals surface area contributed by atoms with Crippen molar-refractivity contribution in [3.8, 4) is 16.8 Å². The molecule has 2 aromatic carbocycles. The standard InChI is InChI=1S/C28H29F3N4/c1-18-12-21(15-27(2,3)14-18)34-25-24-23(19-8-5-4-6-9-19)16-35(26(24)33-17-32-25)22-11-7-10-20(13-22)28(29,30)31/h4-11,13,16-18,21H,12,14-15H2,1-3H3,(H,32,33,34). The first kappa shape index (κ1) is 23.4. The number of anilines is 1. The van der Waals surface area contributed by atoms with E-state index in [9.17, 15) is 13.2 Å². The van der Waals surface area contributed by atoms with E-state index < -0.39 is 11.7 Å². The Hall–Kier alpha value is -3.35. The maximum atomic E-state index is 13.4. The number of rotatable bonds is 4. The fourth-order valence-electron chi connectivity index (χ4n) is 5.69. The van der Waals surface area contributed by atoms with Crippen LogP contribution in [0.4, 0.5) is 19.0 Å². The van der Waals surface area contributed by atoms with Crippen molar-refractivity contribution in [1.29, 1.82) is 0 Å². The molecule has 4 aromatic rings. The molecule has 1 N–H and O–H groups in total. The van der Waals surface area contributed by atoms with Gasteiger partial charge in [0.15, 0.2) is 5.65 Å². The normalized spacial score (nSPS) is 20.2. The second kappa shape index (κ2) is 8.70. The van der Waals surface area contributed by atoms with E-state index in [4.69, 9.17) is 0 Å². The Labute approximate surface area is 203 Å². The third-order valence-electron chi connectivity index (χ3n) is 6.85. The fraction of sp³-hybridized carbons (Fsp3) is 0.357. The first-order valence-electron chi connectivity index (χ1n) is 12.0. The minimum atomic E-state index is -4.42. The molecule has 1 aliphatic carbocycles. The highest BCUT2D eigenvalue weighted by atomic mass is 19.4. The summed E-state index contributed by atoms with van der Waals surface area (Å²) < 4.78 is 42.1. The first-order valence-corrected chi connectivity index (χ1v) is 12.0. The highest BCUT2D eigenvalue weighted by Gasteiger charge is 2.33. The second-order valence-corrected chi connectivity index (χ2v) is 10.5. The summed E-state index contributed by atoms with van der Waals surface area (Å²) in [7, 11) is 0. The second-order valence-electron chi connectivity index (χ2n) is 10.5. The number of nitrogens with one attached hydrogen (secondary N) is 1. The van der Waals surface area contributed by atoms with Crippen molar-refractivity contribution in [2.45, 2.75) is 52.3 Å². The quantitative estimate of drug-likeness (QED) is 0.326. The van der Waals surface area contributed by atoms with Crippen LogP contribution in [0.15, 0.2) is 67.1 Å². The number of alkyl halides is 3. The van der Waals surface area contributed by atoms with Crippen molar-refractivity contribution in [1.82, 2.24) is 14.5 Å². The summed E-state index contributed by atoms with van der Waals surface area (Å²) >= 11 is 0. The molecule has 0 saturated heterocycles. The molecule has 0 bridgehead atoms. The molecule has 4 nitrogen and oxygen atoms in total. The molecule has 0 amide bonds. The SMILES string of the molecule is CC1CC(Nc2ncnc3c2c(-c2ccccc2)cn3-c2cccc(C(F)(F)F)c2)CC(C)(C)C1. The number of aromatic nitrogens is 3. The summed E-state index contributed by atoms with van der Waals surface area (Å²) in [6, 6.07) is 15.4. The van der Waals surface area contributed by atoms with Gasteiger partial charge in [-0.2, -0.15) is 13.2 Å². The van der Waals surface area contributed by atoms with Crippen LogP contribution >= 0.6 is 0 Å². The van der Waals surface area contributed by atoms with Crippen molar-refractivity contribution in [3.05, 3.63) is 72.7 Å². The number of fused-ring (bicyclic) bond motifs is 1. The molecule has 5 rings (SSSR count). The van der Waals surface area contributed by atoms with E-state index in [1.807, 2.05) is 36.5 Å². The molecule has 0 aliphatic heterocycles. The molecular weight excluding hydrogens is 449 g/mol. The minimum Gasteiger partial charge on any atom is -0.367 e. The Morgan fingerprint density at radius 3 is 2.49 bits per heavy atom. The molecule has 1 fully saturated rings. The van der Waals surface area contributed by atoms with Crippen LogP contribution in [-0.4, -0.2) is 20.6 Å². The van der Waals surface area contributed by atoms with E-state index in [1.54, 1.807) is 10.6 Å². The molecule has 182 valence electrons. The Balaban J connectivity index is 1.66. The molecule has 0 radical (unpaired) electrons. The molecule has 35 heavy (non-hydrogen) atoms. The number of benzene rings is 2. The van der Waals surface area contributed by atoms with E-state index in [2.05, 4.69) is 36.1 Å². The third kappa shape index (κ3) is 4.77. The monoisotopic (exact) mass is 478 g/mol. The predicted octanol–water partition coefficient (Wildman–Crippen LogP) is 7.73. The van der Waals surface area contributed by atoms with Crippen molar-refractivity contribution in [3.63, 3.8) is 0 Å². The Morgan fingerprint density at radius 2 is 1.77 bits per heavy atom. The molecule has 1 aliphatic rings. The maximum Gasteiger partial charge on any atom is 0.416 e. The number of halogens is 3. The summed E-state index contributed by atoms with van der Waals surface area (Å²) in [5, 5.41) is 4.49. The average Bonchev–Trinajstić information content (AvgIpc) is 3.19. The van der Waals surface area contributed by atoms with Crippen LogP contribution in [0.3, 0.4) is 0 Å². The lowest BCUT2D eigenvalue weighted by atomic mass is 9.70. The van der Waals surface area contributed by atoms with Gasteiger partial charge in [-0.3, -0.25) is 0 Å². The van der Waals surface area contributed by atoms with Crippen LogP contribution < -0.4 is 5.32 Å². The van der Waals surface area contributed by atoms with E-state index in [1.165, 1.54) is 18.8 Å². The zero-order valence-electron chi connectivity index (χ0n) is 20.1. The fourth-order valence-corrected chi connectivity index (χ4v) is 5.69. The maximum absolute atomic E-state index is 13.4. The van der Waals surface area contributed by atoms with Crippen molar-refractivity contribution in [2.24, 2.45) is 11.3 Å². The van der Waals surface area contributed by atoms with Crippen LogP contribution in [0.25, 0.3) is 27.8 Å². The van der Waals surface area contributed by atoms with Gasteiger partial charge in [-0.05, 0) is 54.4 Å². The predicted molar refractivity (Wildman–Crippen MR) is 134 cm³/mol. The lowest BCUT2D eigenvalue weighted by Crippen LogP contribution is -2.35. The summed E-state index contributed by atoms with van der Waals surface area (Å²) in [6.45, 7) is 6.88. The van der Waals surface area contributed by atoms with Gasteiger partial charge in [-0.25, -0.2) is 9.97 Å². The smallest absolute Gasteiger partial charge is 0.367 e. The van der Waals surface area contributed by atoms with Crippen molar-refractivity contribution in [2.75, 3.05) is 5.32 Å². The van der Waals surface area contributed by atoms with Gasteiger partial charge in [0.25, 0.3) is 0 Å². The van der Waals surface area contributed by atoms with Crippen LogP contribution in [-0.2, 0) is 6.18 Å². The Bertz CT molecular complexity index is 1340. The van der Waals surface area contributed by atoms with Gasteiger partial charge < -0.3 is 9.88 Å². The summed E-state index contributed by atoms with van der Waals surface area (Å²) in [5.41, 5.74) is 2.35. The van der Waals surface area contributed by atoms with Gasteiger partial charge in [0.2, 0.25) is 0 Å². The Kier molecular flexibility index (Phi) is 5.82. The summed E-state index contributed by atoms with van der Waals surface area (Å²) in [6.07, 6.45) is 2.18. The number of hydrogen-bond donors (Lipinski definition) is 1. The van der Waals surface area contributed by atoms with Gasteiger partial charge in [-0.15, -0.1) is 0 Å². The van der Waals surface area contributed by atoms with E-state index in [0.29, 0.717) is 17.3 Å². The molecule has 1 saturated carbocycles. The average molecular weight is 479 g/mol. The molecular formula is C28H29F3N4. The number of hydrogen-bond acceptors (Lipinski definition) is 3. The summed E-state index contributed by atoms with van der Waals surface area (Å²) in [5.74, 6) is 1.31. The lowest BCUT2D eigenvalue weighted by Gasteiger charge is -2.39. The van der Waals surface area contributed by atoms with Crippen molar-refractivity contribution >= 4 is 16.9 Å². The van der Waals surface area contributed by atoms with Gasteiger partial charge in [0.1, 0.15) is 12.1 Å². The zero-order chi connectivity index (χ0) is 24.8. The third-order valence-corrected chi connectivity index (χ3v) is 6.85. The highest BCUT2D eigenvalue weighted by molar-refractivity contribution is 6.02. The van der Waals surface area contributed by atoms with Gasteiger partial charge >= 0.3 is 6.18 Å². The molecule has 2 aromatic heterocycles. The zero-order valence-corrected chi connectivity index (χ0v) is 20.1. The lowest BCUT2D eigenvalue weighted by molar-refractivity contribution is -0.137. The Morgan fingerprint density at radius 1 is 1.00 bits per heavy atom. The van der Waals surface area contributed by atoms with E-state index in [0.717, 1.165) is 47.3 Å². The van der Waals surface area contributed by atoms with Crippen LogP contribution in [0.2, 0.25) is 0 Å². The van der Waals surface area contributed by atoms with Crippen LogP contribution in [0.1, 0.15) is 45.6 Å². The van der Waals surface area contributed by atoms with Crippen LogP contribution in [0, 0.1) is 11.3 Å². The van der Waals surface area contributed by atoms with Gasteiger partial charge in [0, 0.05) is 23.5 Å². The van der Waals surface area contributed by atoms with Crippen molar-refractivity contribution < 1.29 is 13.2 Å². The first-order chi connectivity index (χ1) is 16.6. The molecule has 2 atom stereocenters. The van der Waals surface area contributed by atoms with Gasteiger partial charge in [-0.1, -0.05) is 57.2 Å². The highest BCUT2D eigenvalue weighted by Crippen LogP contribution is 2.41. The topological polar surface area (TPSA) is 42.7 Å². The van der Waals surface area contributed by atoms with Gasteiger partial charge in [0.05, 0.1) is 10.9 Å².